The fourth-order valence-corrected chi connectivity index (χ4v) is 8.38. The minimum absolute atomic E-state index is 0.996. The Hall–Kier alpha value is -7.54. The van der Waals surface area contributed by atoms with Crippen molar-refractivity contribution < 1.29 is 0 Å². The van der Waals surface area contributed by atoms with Crippen molar-refractivity contribution in [2.24, 2.45) is 0 Å². The second-order valence-electron chi connectivity index (χ2n) is 18.4. The van der Waals surface area contributed by atoms with Crippen molar-refractivity contribution in [2.75, 3.05) is 0 Å². The lowest BCUT2D eigenvalue weighted by Gasteiger charge is -2.16. The summed E-state index contributed by atoms with van der Waals surface area (Å²) in [7, 11) is 0. The molecule has 9 rings (SSSR count). The Kier molecular flexibility index (Phi) is 41.9. The Morgan fingerprint density at radius 2 is 0.841 bits per heavy atom. The van der Waals surface area contributed by atoms with E-state index in [0.717, 1.165) is 19.3 Å². The third-order valence-electron chi connectivity index (χ3n) is 13.0. The molecule has 0 heteroatoms. The highest BCUT2D eigenvalue weighted by molar-refractivity contribution is 5.82. The van der Waals surface area contributed by atoms with Gasteiger partial charge in [0.05, 0.1) is 0 Å². The molecule has 8 aromatic rings. The molecular formula is C82H108. The molecule has 8 aromatic carbocycles. The van der Waals surface area contributed by atoms with E-state index in [1.165, 1.54) is 112 Å². The summed E-state index contributed by atoms with van der Waals surface area (Å²) >= 11 is 0. The molecule has 0 radical (unpaired) electrons. The van der Waals surface area contributed by atoms with Gasteiger partial charge in [-0.1, -0.05) is 343 Å². The Balaban J connectivity index is 0.00000104. The van der Waals surface area contributed by atoms with Crippen molar-refractivity contribution in [1.29, 1.82) is 0 Å². The van der Waals surface area contributed by atoms with Crippen molar-refractivity contribution in [3.05, 3.63) is 293 Å². The maximum absolute atomic E-state index is 3.93. The average molecular weight is 1090 g/mol. The topological polar surface area (TPSA) is 0 Å². The van der Waals surface area contributed by atoms with E-state index in [-0.39, 0.29) is 0 Å². The van der Waals surface area contributed by atoms with Gasteiger partial charge in [-0.2, -0.15) is 0 Å². The van der Waals surface area contributed by atoms with Crippen LogP contribution in [0.2, 0.25) is 0 Å². The SMILES string of the molecule is C=C(/C=C\C=C/Cc1cccc(C)c1C)CC.CC.CC.CC.CC.CC.CC.CC1=C(c2ccc(-c3cccc(-c4ccccc4C)c3)cc2C)C=CCC1.Cc1ccc(-c2ccccc2)cc1.Cc1ccc(-c2ccccc2)cc1. The number of rotatable bonds is 10. The number of aryl methyl sites for hydroxylation is 5. The summed E-state index contributed by atoms with van der Waals surface area (Å²) in [5.41, 5.74) is 25.1. The summed E-state index contributed by atoms with van der Waals surface area (Å²) in [5.74, 6) is 0. The fourth-order valence-electron chi connectivity index (χ4n) is 8.38. The van der Waals surface area contributed by atoms with Crippen LogP contribution in [0.25, 0.3) is 50.1 Å². The van der Waals surface area contributed by atoms with Gasteiger partial charge in [0.1, 0.15) is 0 Å². The molecule has 0 N–H and O–H groups in total. The largest absolute Gasteiger partial charge is 0.0958 e. The molecule has 0 spiro atoms. The summed E-state index contributed by atoms with van der Waals surface area (Å²) in [6.45, 7) is 45.3. The van der Waals surface area contributed by atoms with Crippen LogP contribution >= 0.6 is 0 Å². The molecule has 0 saturated carbocycles. The van der Waals surface area contributed by atoms with Crippen LogP contribution in [0.4, 0.5) is 0 Å². The number of hydrogen-bond donors (Lipinski definition) is 0. The molecule has 0 nitrogen and oxygen atoms in total. The minimum Gasteiger partial charge on any atom is -0.0958 e. The second kappa shape index (κ2) is 46.1. The highest BCUT2D eigenvalue weighted by atomic mass is 14.2. The predicted molar refractivity (Wildman–Crippen MR) is 376 cm³/mol. The fraction of sp³-hybridized carbons (Fsp3) is 0.293. The van der Waals surface area contributed by atoms with E-state index in [0.29, 0.717) is 0 Å². The smallest absolute Gasteiger partial charge is 0.00916 e. The van der Waals surface area contributed by atoms with Crippen molar-refractivity contribution in [1.82, 2.24) is 0 Å². The van der Waals surface area contributed by atoms with E-state index < -0.39 is 0 Å². The van der Waals surface area contributed by atoms with Gasteiger partial charge >= 0.3 is 0 Å². The Labute approximate surface area is 504 Å². The Morgan fingerprint density at radius 3 is 1.34 bits per heavy atom. The predicted octanol–water partition coefficient (Wildman–Crippen LogP) is 26.2. The molecule has 0 unspecified atom stereocenters. The molecule has 1 aliphatic carbocycles. The highest BCUT2D eigenvalue weighted by Crippen LogP contribution is 2.34. The first kappa shape index (κ1) is 74.5. The molecule has 0 aromatic heterocycles. The van der Waals surface area contributed by atoms with Gasteiger partial charge in [-0.3, -0.25) is 0 Å². The normalized spacial score (nSPS) is 10.5. The molecule has 0 aliphatic heterocycles. The summed E-state index contributed by atoms with van der Waals surface area (Å²) in [5, 5.41) is 0. The van der Waals surface area contributed by atoms with Crippen LogP contribution in [-0.2, 0) is 6.42 Å². The average Bonchev–Trinajstić information content (AvgIpc) is 3.69. The van der Waals surface area contributed by atoms with E-state index in [4.69, 9.17) is 0 Å². The summed E-state index contributed by atoms with van der Waals surface area (Å²) in [6.07, 6.45) is 17.4. The number of hydrogen-bond acceptors (Lipinski definition) is 0. The number of allylic oxidation sites excluding steroid dienone is 9. The Morgan fingerprint density at radius 1 is 0.402 bits per heavy atom. The van der Waals surface area contributed by atoms with Gasteiger partial charge in [0.2, 0.25) is 0 Å². The number of benzene rings is 8. The van der Waals surface area contributed by atoms with Gasteiger partial charge in [0.15, 0.2) is 0 Å². The van der Waals surface area contributed by atoms with Crippen molar-refractivity contribution in [3.63, 3.8) is 0 Å². The van der Waals surface area contributed by atoms with Gasteiger partial charge in [0.25, 0.3) is 0 Å². The van der Waals surface area contributed by atoms with Crippen LogP contribution in [0.5, 0.6) is 0 Å². The maximum Gasteiger partial charge on any atom is -0.00916 e. The molecule has 0 heterocycles. The zero-order valence-corrected chi connectivity index (χ0v) is 55.0. The molecule has 1 aliphatic rings. The molecule has 0 atom stereocenters. The highest BCUT2D eigenvalue weighted by Gasteiger charge is 2.11. The molecule has 436 valence electrons. The summed E-state index contributed by atoms with van der Waals surface area (Å²) < 4.78 is 0. The quantitative estimate of drug-likeness (QED) is 0.120. The van der Waals surface area contributed by atoms with Crippen LogP contribution in [-0.4, -0.2) is 0 Å². The lowest BCUT2D eigenvalue weighted by atomic mass is 9.89. The van der Waals surface area contributed by atoms with Gasteiger partial charge in [0, 0.05) is 0 Å². The summed E-state index contributed by atoms with van der Waals surface area (Å²) in [4.78, 5) is 0. The lowest BCUT2D eigenvalue weighted by molar-refractivity contribution is 0.967. The lowest BCUT2D eigenvalue weighted by Crippen LogP contribution is -1.95. The Bertz CT molecular complexity index is 2940. The minimum atomic E-state index is 0.996. The third kappa shape index (κ3) is 26.8. The monoisotopic (exact) mass is 1090 g/mol. The van der Waals surface area contributed by atoms with Crippen LogP contribution in [0.1, 0.15) is 161 Å². The zero-order chi connectivity index (χ0) is 61.7. The van der Waals surface area contributed by atoms with E-state index >= 15 is 0 Å². The van der Waals surface area contributed by atoms with Crippen LogP contribution in [0, 0.1) is 41.5 Å². The van der Waals surface area contributed by atoms with E-state index in [9.17, 15) is 0 Å². The standard InChI is InChI=1S/C27H26.C17H22.2C13H12.6C2H6/c1-19-9-4-6-13-25(19)24-12-8-11-22(18-24)23-15-16-27(21(3)17-23)26-14-7-5-10-20(26)2;1-5-14(2)10-7-6-8-12-17-13-9-11-15(3)16(17)4;2*1-11-7-9-13(10-8-11)12-5-3-2-4-6-12;6*1-2/h4,6-9,11-18H,5,10H2,1-3H3;6-11,13H,2,5,12H2,1,3-4H3;2*2-10H,1H3;6*1-2H3/b;8-6-,10-7-;;;;;;;;. The second-order valence-corrected chi connectivity index (χ2v) is 18.4. The van der Waals surface area contributed by atoms with E-state index in [1.54, 1.807) is 0 Å². The molecule has 0 bridgehead atoms. The maximum atomic E-state index is 3.93. The van der Waals surface area contributed by atoms with Gasteiger partial charge in [-0.05, 0) is 164 Å². The third-order valence-corrected chi connectivity index (χ3v) is 13.0. The first-order valence-corrected chi connectivity index (χ1v) is 30.9. The van der Waals surface area contributed by atoms with Crippen LogP contribution in [0.3, 0.4) is 0 Å². The van der Waals surface area contributed by atoms with E-state index in [1.807, 2.05) is 95.2 Å². The first-order chi connectivity index (χ1) is 40.0. The van der Waals surface area contributed by atoms with Crippen LogP contribution < -0.4 is 0 Å². The molecule has 0 fully saturated rings. The molecule has 0 amide bonds. The van der Waals surface area contributed by atoms with E-state index in [2.05, 4.69) is 280 Å². The van der Waals surface area contributed by atoms with Crippen molar-refractivity contribution in [2.45, 2.75) is 164 Å². The first-order valence-electron chi connectivity index (χ1n) is 30.9. The van der Waals surface area contributed by atoms with Gasteiger partial charge < -0.3 is 0 Å². The van der Waals surface area contributed by atoms with Crippen molar-refractivity contribution >= 4 is 5.57 Å². The van der Waals surface area contributed by atoms with Crippen molar-refractivity contribution in [3.8, 4) is 44.5 Å². The summed E-state index contributed by atoms with van der Waals surface area (Å²) in [6, 6.07) is 68.9. The zero-order valence-electron chi connectivity index (χ0n) is 55.0. The molecule has 82 heavy (non-hydrogen) atoms. The van der Waals surface area contributed by atoms with Gasteiger partial charge in [-0.25, -0.2) is 0 Å². The molecular weight excluding hydrogens is 985 g/mol. The van der Waals surface area contributed by atoms with Gasteiger partial charge in [-0.15, -0.1) is 0 Å². The molecule has 0 saturated heterocycles. The van der Waals surface area contributed by atoms with Crippen LogP contribution in [0.15, 0.2) is 248 Å².